The number of hydrogen-bond acceptors (Lipinski definition) is 6. The van der Waals surface area contributed by atoms with Gasteiger partial charge in [-0.1, -0.05) is 23.3 Å². The fourth-order valence-corrected chi connectivity index (χ4v) is 2.78. The molecule has 0 bridgehead atoms. The molecule has 1 aliphatic rings. The van der Waals surface area contributed by atoms with Crippen LogP contribution in [0.1, 0.15) is 12.0 Å². The number of benzene rings is 1. The summed E-state index contributed by atoms with van der Waals surface area (Å²) >= 11 is 0. The molecule has 10 nitrogen and oxygen atoms in total. The van der Waals surface area contributed by atoms with Crippen LogP contribution in [0.15, 0.2) is 29.4 Å². The fraction of sp³-hybridized carbons (Fsp3) is 0.500. The van der Waals surface area contributed by atoms with Crippen LogP contribution < -0.4 is 10.6 Å². The van der Waals surface area contributed by atoms with Gasteiger partial charge in [0.25, 0.3) is 0 Å². The monoisotopic (exact) mass is 363 g/mol. The molecule has 26 heavy (non-hydrogen) atoms. The molecule has 1 fully saturated rings. The molecule has 0 radical (unpaired) electrons. The lowest BCUT2D eigenvalue weighted by Crippen LogP contribution is -2.54. The molecule has 140 valence electrons. The number of nitrogens with one attached hydrogen (secondary N) is 2. The van der Waals surface area contributed by atoms with Crippen molar-refractivity contribution in [2.24, 2.45) is 5.11 Å². The SMILES string of the molecule is COC(Cc1ccccc1NC(=O)C1(CN=[N+]=[N-])C[C@H](O)C(=O)N1)OC. The van der Waals surface area contributed by atoms with Crippen molar-refractivity contribution in [2.45, 2.75) is 30.8 Å². The Morgan fingerprint density at radius 3 is 2.77 bits per heavy atom. The van der Waals surface area contributed by atoms with Crippen LogP contribution in [-0.4, -0.2) is 55.6 Å². The summed E-state index contributed by atoms with van der Waals surface area (Å²) < 4.78 is 10.4. The summed E-state index contributed by atoms with van der Waals surface area (Å²) in [6.07, 6.45) is -1.62. The normalized spacial score (nSPS) is 22.0. The van der Waals surface area contributed by atoms with Crippen LogP contribution in [0.2, 0.25) is 0 Å². The fourth-order valence-electron chi connectivity index (χ4n) is 2.78. The molecule has 1 aliphatic heterocycles. The summed E-state index contributed by atoms with van der Waals surface area (Å²) in [4.78, 5) is 27.2. The molecule has 2 atom stereocenters. The minimum absolute atomic E-state index is 0.183. The molecule has 1 saturated heterocycles. The molecule has 0 saturated carbocycles. The number of carbonyl (C=O) groups is 2. The minimum Gasteiger partial charge on any atom is -0.383 e. The zero-order chi connectivity index (χ0) is 19.2. The molecule has 1 aromatic rings. The van der Waals surface area contributed by atoms with Crippen molar-refractivity contribution in [3.8, 4) is 0 Å². The van der Waals surface area contributed by atoms with Gasteiger partial charge in [-0.05, 0) is 17.2 Å². The van der Waals surface area contributed by atoms with Gasteiger partial charge in [0.05, 0.1) is 6.54 Å². The number of rotatable bonds is 8. The van der Waals surface area contributed by atoms with Gasteiger partial charge in [0.2, 0.25) is 11.8 Å². The van der Waals surface area contributed by atoms with Crippen molar-refractivity contribution in [1.29, 1.82) is 0 Å². The zero-order valence-corrected chi connectivity index (χ0v) is 14.5. The van der Waals surface area contributed by atoms with Crippen LogP contribution in [0.25, 0.3) is 10.4 Å². The zero-order valence-electron chi connectivity index (χ0n) is 14.5. The van der Waals surface area contributed by atoms with Crippen LogP contribution in [0, 0.1) is 0 Å². The van der Waals surface area contributed by atoms with Gasteiger partial charge in [0.1, 0.15) is 11.6 Å². The third kappa shape index (κ3) is 4.30. The second kappa shape index (κ2) is 8.63. The van der Waals surface area contributed by atoms with E-state index in [2.05, 4.69) is 20.7 Å². The molecule has 2 rings (SSSR count). The molecule has 1 unspecified atom stereocenters. The van der Waals surface area contributed by atoms with Gasteiger partial charge in [-0.3, -0.25) is 9.59 Å². The largest absolute Gasteiger partial charge is 0.383 e. The quantitative estimate of drug-likeness (QED) is 0.269. The highest BCUT2D eigenvalue weighted by molar-refractivity contribution is 6.04. The van der Waals surface area contributed by atoms with Gasteiger partial charge in [0, 0.05) is 37.7 Å². The standard InChI is InChI=1S/C16H21N5O5/c1-25-13(26-2)7-10-5-3-4-6-11(10)19-15(24)16(9-18-21-17)8-12(22)14(23)20-16/h3-6,12-13,22H,7-9H2,1-2H3,(H,19,24)(H,20,23)/t12-,16?/m0/s1. The van der Waals surface area contributed by atoms with Crippen LogP contribution in [0.4, 0.5) is 5.69 Å². The number of hydrogen-bond donors (Lipinski definition) is 3. The first-order chi connectivity index (χ1) is 12.5. The second-order valence-corrected chi connectivity index (χ2v) is 5.90. The smallest absolute Gasteiger partial charge is 0.250 e. The van der Waals surface area contributed by atoms with Gasteiger partial charge in [-0.2, -0.15) is 0 Å². The molecule has 0 spiro atoms. The molecule has 0 aromatic heterocycles. The molecule has 1 heterocycles. The highest BCUT2D eigenvalue weighted by Crippen LogP contribution is 2.25. The molecule has 0 aliphatic carbocycles. The number of nitrogens with zero attached hydrogens (tertiary/aromatic N) is 3. The van der Waals surface area contributed by atoms with Crippen molar-refractivity contribution in [2.75, 3.05) is 26.1 Å². The minimum atomic E-state index is -1.50. The van der Waals surface area contributed by atoms with Crippen molar-refractivity contribution in [3.05, 3.63) is 40.3 Å². The molecule has 3 N–H and O–H groups in total. The number of para-hydroxylation sites is 1. The van der Waals surface area contributed by atoms with Crippen LogP contribution in [-0.2, 0) is 25.5 Å². The maximum Gasteiger partial charge on any atom is 0.250 e. The number of amides is 2. The average molecular weight is 363 g/mol. The Labute approximate surface area is 150 Å². The third-order valence-electron chi connectivity index (χ3n) is 4.22. The highest BCUT2D eigenvalue weighted by Gasteiger charge is 2.48. The van der Waals surface area contributed by atoms with E-state index in [4.69, 9.17) is 15.0 Å². The van der Waals surface area contributed by atoms with E-state index in [1.54, 1.807) is 12.1 Å². The van der Waals surface area contributed by atoms with Gasteiger partial charge in [-0.25, -0.2) is 0 Å². The Hall–Kier alpha value is -2.65. The number of ether oxygens (including phenoxy) is 2. The van der Waals surface area contributed by atoms with Gasteiger partial charge < -0.3 is 25.2 Å². The van der Waals surface area contributed by atoms with Crippen LogP contribution in [0.3, 0.4) is 0 Å². The van der Waals surface area contributed by atoms with Crippen molar-refractivity contribution >= 4 is 17.5 Å². The predicted molar refractivity (Wildman–Crippen MR) is 92.1 cm³/mol. The Morgan fingerprint density at radius 2 is 2.19 bits per heavy atom. The summed E-state index contributed by atoms with van der Waals surface area (Å²) in [6.45, 7) is -0.306. The van der Waals surface area contributed by atoms with Crippen LogP contribution >= 0.6 is 0 Å². The second-order valence-electron chi connectivity index (χ2n) is 5.90. The summed E-state index contributed by atoms with van der Waals surface area (Å²) in [6, 6.07) is 7.06. The lowest BCUT2D eigenvalue weighted by Gasteiger charge is -2.26. The lowest BCUT2D eigenvalue weighted by molar-refractivity contribution is -0.128. The molecular weight excluding hydrogens is 342 g/mol. The number of anilines is 1. The number of aliphatic hydroxyl groups is 1. The molecule has 1 aromatic carbocycles. The number of carbonyl (C=O) groups excluding carboxylic acids is 2. The summed E-state index contributed by atoms with van der Waals surface area (Å²) in [5, 5.41) is 18.3. The number of methoxy groups -OCH3 is 2. The third-order valence-corrected chi connectivity index (χ3v) is 4.22. The van der Waals surface area contributed by atoms with E-state index in [0.717, 1.165) is 5.56 Å². The Balaban J connectivity index is 2.24. The van der Waals surface area contributed by atoms with E-state index in [1.807, 2.05) is 12.1 Å². The first-order valence-corrected chi connectivity index (χ1v) is 7.91. The first-order valence-electron chi connectivity index (χ1n) is 7.91. The Bertz CT molecular complexity index is 713. The first kappa shape index (κ1) is 19.7. The predicted octanol–water partition coefficient (Wildman–Crippen LogP) is 0.716. The van der Waals surface area contributed by atoms with Gasteiger partial charge >= 0.3 is 0 Å². The summed E-state index contributed by atoms with van der Waals surface area (Å²) in [5.74, 6) is -1.26. The topological polar surface area (TPSA) is 146 Å². The van der Waals surface area contributed by atoms with E-state index in [-0.39, 0.29) is 13.0 Å². The molecular formula is C16H21N5O5. The van der Waals surface area contributed by atoms with Crippen molar-refractivity contribution < 1.29 is 24.2 Å². The average Bonchev–Trinajstić information content (AvgIpc) is 2.94. The van der Waals surface area contributed by atoms with Gasteiger partial charge in [0.15, 0.2) is 6.29 Å². The lowest BCUT2D eigenvalue weighted by atomic mass is 9.95. The maximum absolute atomic E-state index is 12.8. The summed E-state index contributed by atoms with van der Waals surface area (Å²) in [7, 11) is 3.03. The van der Waals surface area contributed by atoms with Crippen LogP contribution in [0.5, 0.6) is 0 Å². The summed E-state index contributed by atoms with van der Waals surface area (Å²) in [5.41, 5.74) is 8.33. The Kier molecular flexibility index (Phi) is 6.53. The van der Waals surface area contributed by atoms with Gasteiger partial charge in [-0.15, -0.1) is 0 Å². The van der Waals surface area contributed by atoms with E-state index < -0.39 is 29.7 Å². The molecule has 2 amide bonds. The number of aliphatic hydroxyl groups excluding tert-OH is 1. The highest BCUT2D eigenvalue weighted by atomic mass is 16.7. The van der Waals surface area contributed by atoms with E-state index >= 15 is 0 Å². The van der Waals surface area contributed by atoms with Crippen molar-refractivity contribution in [1.82, 2.24) is 5.32 Å². The number of azide groups is 1. The molecule has 10 heteroatoms. The van der Waals surface area contributed by atoms with Crippen molar-refractivity contribution in [3.63, 3.8) is 0 Å². The van der Waals surface area contributed by atoms with E-state index in [1.165, 1.54) is 14.2 Å². The Morgan fingerprint density at radius 1 is 1.50 bits per heavy atom. The maximum atomic E-state index is 12.8. The van der Waals surface area contributed by atoms with E-state index in [0.29, 0.717) is 12.1 Å². The van der Waals surface area contributed by atoms with E-state index in [9.17, 15) is 14.7 Å².